The number of ether oxygens (including phenoxy) is 1. The van der Waals surface area contributed by atoms with Crippen molar-refractivity contribution in [2.45, 2.75) is 31.7 Å². The van der Waals surface area contributed by atoms with E-state index in [1.54, 1.807) is 19.1 Å². The lowest BCUT2D eigenvalue weighted by atomic mass is 10.1. The summed E-state index contributed by atoms with van der Waals surface area (Å²) in [6, 6.07) is 2.58. The molecule has 1 aliphatic rings. The van der Waals surface area contributed by atoms with Crippen molar-refractivity contribution in [3.05, 3.63) is 23.3 Å². The minimum absolute atomic E-state index is 0.106. The number of nitrogens with zero attached hydrogens (tertiary/aromatic N) is 1. The zero-order chi connectivity index (χ0) is 15.8. The molecule has 1 fully saturated rings. The summed E-state index contributed by atoms with van der Waals surface area (Å²) in [6.45, 7) is 5.89. The van der Waals surface area contributed by atoms with Crippen LogP contribution in [0.1, 0.15) is 18.1 Å². The number of amides is 1. The molecular weight excluding hydrogens is 292 g/mol. The number of hydrogen-bond donors (Lipinski definition) is 1. The molecule has 0 radical (unpaired) electrons. The van der Waals surface area contributed by atoms with Gasteiger partial charge in [-0.05, 0) is 44.0 Å². The number of hydrogen-bond acceptors (Lipinski definition) is 4. The van der Waals surface area contributed by atoms with Crippen LogP contribution in [0.4, 0.5) is 0 Å². The van der Waals surface area contributed by atoms with Crippen molar-refractivity contribution in [1.29, 1.82) is 0 Å². The fraction of sp³-hybridized carbons (Fsp3) is 0.500. The summed E-state index contributed by atoms with van der Waals surface area (Å²) in [5, 5.41) is 2.66. The Morgan fingerprint density at radius 1 is 1.29 bits per heavy atom. The number of nitrogens with one attached hydrogen (secondary N) is 1. The fourth-order valence-corrected chi connectivity index (χ4v) is 4.16. The quantitative estimate of drug-likeness (QED) is 0.896. The van der Waals surface area contributed by atoms with E-state index in [0.717, 1.165) is 11.1 Å². The second-order valence-corrected chi connectivity index (χ2v) is 7.03. The number of sulfonamides is 1. The Balaban J connectivity index is 2.53. The van der Waals surface area contributed by atoms with Crippen molar-refractivity contribution in [3.8, 4) is 5.75 Å². The monoisotopic (exact) mass is 312 g/mol. The van der Waals surface area contributed by atoms with Gasteiger partial charge >= 0.3 is 0 Å². The Kier molecular flexibility index (Phi) is 4.25. The lowest BCUT2D eigenvalue weighted by Gasteiger charge is -2.32. The third-order valence-electron chi connectivity index (χ3n) is 3.81. The second-order valence-electron chi connectivity index (χ2n) is 5.17. The lowest BCUT2D eigenvalue weighted by Crippen LogP contribution is -2.55. The van der Waals surface area contributed by atoms with E-state index in [9.17, 15) is 13.2 Å². The van der Waals surface area contributed by atoms with E-state index in [1.165, 1.54) is 11.4 Å². The van der Waals surface area contributed by atoms with Crippen LogP contribution in [0, 0.1) is 13.8 Å². The molecule has 1 amide bonds. The summed E-state index contributed by atoms with van der Waals surface area (Å²) in [5.74, 6) is 0.0175. The first kappa shape index (κ1) is 15.8. The first-order valence-corrected chi connectivity index (χ1v) is 8.18. The molecule has 1 unspecified atom stereocenters. The van der Waals surface area contributed by atoms with Crippen molar-refractivity contribution in [2.75, 3.05) is 20.2 Å². The molecule has 1 atom stereocenters. The van der Waals surface area contributed by atoms with Crippen LogP contribution in [0.2, 0.25) is 0 Å². The Labute approximate surface area is 125 Å². The van der Waals surface area contributed by atoms with Gasteiger partial charge in [-0.25, -0.2) is 8.42 Å². The minimum atomic E-state index is -3.78. The average molecular weight is 312 g/mol. The molecule has 0 saturated carbocycles. The van der Waals surface area contributed by atoms with Gasteiger partial charge in [0.05, 0.1) is 7.11 Å². The van der Waals surface area contributed by atoms with Gasteiger partial charge in [0.2, 0.25) is 15.9 Å². The largest absolute Gasteiger partial charge is 0.495 e. The third kappa shape index (κ3) is 2.75. The molecule has 0 aromatic heterocycles. The van der Waals surface area contributed by atoms with Gasteiger partial charge in [-0.1, -0.05) is 0 Å². The highest BCUT2D eigenvalue weighted by atomic mass is 32.2. The van der Waals surface area contributed by atoms with Crippen LogP contribution in [0.25, 0.3) is 0 Å². The van der Waals surface area contributed by atoms with Crippen LogP contribution in [-0.2, 0) is 14.8 Å². The Hall–Kier alpha value is -1.60. The molecule has 21 heavy (non-hydrogen) atoms. The van der Waals surface area contributed by atoms with E-state index >= 15 is 0 Å². The number of carbonyl (C=O) groups excluding carboxylic acids is 1. The molecule has 7 heteroatoms. The molecule has 1 aliphatic heterocycles. The van der Waals surface area contributed by atoms with Crippen LogP contribution in [0.5, 0.6) is 5.75 Å². The van der Waals surface area contributed by atoms with Crippen LogP contribution in [0.3, 0.4) is 0 Å². The Morgan fingerprint density at radius 2 is 1.90 bits per heavy atom. The molecule has 0 spiro atoms. The number of aryl methyl sites for hydroxylation is 2. The van der Waals surface area contributed by atoms with Crippen molar-refractivity contribution in [2.24, 2.45) is 0 Å². The van der Waals surface area contributed by atoms with Crippen LogP contribution >= 0.6 is 0 Å². The van der Waals surface area contributed by atoms with E-state index in [2.05, 4.69) is 5.32 Å². The van der Waals surface area contributed by atoms with Crippen LogP contribution in [0.15, 0.2) is 17.0 Å². The van der Waals surface area contributed by atoms with Gasteiger partial charge in [0, 0.05) is 13.1 Å². The highest BCUT2D eigenvalue weighted by Gasteiger charge is 2.37. The molecule has 0 bridgehead atoms. The summed E-state index contributed by atoms with van der Waals surface area (Å²) in [7, 11) is -2.34. The molecule has 1 aromatic rings. The van der Waals surface area contributed by atoms with E-state index in [0.29, 0.717) is 12.3 Å². The molecule has 1 N–H and O–H groups in total. The van der Waals surface area contributed by atoms with Gasteiger partial charge in [-0.15, -0.1) is 0 Å². The summed E-state index contributed by atoms with van der Waals surface area (Å²) in [5.41, 5.74) is 1.82. The number of benzene rings is 1. The number of carbonyl (C=O) groups is 1. The predicted molar refractivity (Wildman–Crippen MR) is 78.8 cm³/mol. The van der Waals surface area contributed by atoms with Gasteiger partial charge in [0.25, 0.3) is 0 Å². The molecule has 0 aliphatic carbocycles. The van der Waals surface area contributed by atoms with E-state index in [4.69, 9.17) is 4.74 Å². The first-order valence-electron chi connectivity index (χ1n) is 6.74. The maximum atomic E-state index is 12.9. The number of rotatable bonds is 3. The van der Waals surface area contributed by atoms with Gasteiger partial charge in [0.15, 0.2) is 0 Å². The van der Waals surface area contributed by atoms with Crippen molar-refractivity contribution < 1.29 is 17.9 Å². The predicted octanol–water partition coefficient (Wildman–Crippen LogP) is 0.821. The molecule has 6 nitrogen and oxygen atoms in total. The lowest BCUT2D eigenvalue weighted by molar-refractivity contribution is -0.126. The zero-order valence-electron chi connectivity index (χ0n) is 12.6. The Morgan fingerprint density at radius 3 is 2.52 bits per heavy atom. The van der Waals surface area contributed by atoms with Crippen molar-refractivity contribution in [3.63, 3.8) is 0 Å². The van der Waals surface area contributed by atoms with Crippen molar-refractivity contribution >= 4 is 15.9 Å². The maximum absolute atomic E-state index is 12.9. The highest BCUT2D eigenvalue weighted by molar-refractivity contribution is 7.89. The Bertz CT molecular complexity index is 670. The van der Waals surface area contributed by atoms with Gasteiger partial charge < -0.3 is 10.1 Å². The molecule has 1 aromatic carbocycles. The highest BCUT2D eigenvalue weighted by Crippen LogP contribution is 2.31. The number of piperazine rings is 1. The molecule has 2 rings (SSSR count). The topological polar surface area (TPSA) is 75.7 Å². The first-order chi connectivity index (χ1) is 9.78. The normalized spacial score (nSPS) is 20.2. The van der Waals surface area contributed by atoms with E-state index in [-0.39, 0.29) is 17.3 Å². The van der Waals surface area contributed by atoms with Gasteiger partial charge in [0.1, 0.15) is 16.7 Å². The van der Waals surface area contributed by atoms with Crippen molar-refractivity contribution in [1.82, 2.24) is 9.62 Å². The number of methoxy groups -OCH3 is 1. The average Bonchev–Trinajstić information content (AvgIpc) is 2.44. The van der Waals surface area contributed by atoms with E-state index in [1.807, 2.05) is 13.8 Å². The summed E-state index contributed by atoms with van der Waals surface area (Å²) in [4.78, 5) is 11.8. The SMILES string of the molecule is COc1cc(C)c(C)cc1S(=O)(=O)N1CCNC(=O)C1C. The molecule has 1 heterocycles. The summed E-state index contributed by atoms with van der Waals surface area (Å²) >= 11 is 0. The van der Waals surface area contributed by atoms with Gasteiger partial charge in [-0.3, -0.25) is 4.79 Å². The third-order valence-corrected chi connectivity index (χ3v) is 5.80. The molecule has 1 saturated heterocycles. The van der Waals surface area contributed by atoms with Crippen LogP contribution < -0.4 is 10.1 Å². The second kappa shape index (κ2) is 5.65. The summed E-state index contributed by atoms with van der Waals surface area (Å²) < 4.78 is 32.1. The van der Waals surface area contributed by atoms with E-state index < -0.39 is 16.1 Å². The molecule has 116 valence electrons. The van der Waals surface area contributed by atoms with Crippen LogP contribution in [-0.4, -0.2) is 44.9 Å². The summed E-state index contributed by atoms with van der Waals surface area (Å²) in [6.07, 6.45) is 0. The maximum Gasteiger partial charge on any atom is 0.247 e. The smallest absolute Gasteiger partial charge is 0.247 e. The molecular formula is C14H20N2O4S. The van der Waals surface area contributed by atoms with Gasteiger partial charge in [-0.2, -0.15) is 4.31 Å². The minimum Gasteiger partial charge on any atom is -0.495 e. The standard InChI is InChI=1S/C14H20N2O4S/c1-9-7-12(20-4)13(8-10(9)2)21(18,19)16-6-5-15-14(17)11(16)3/h7-8,11H,5-6H2,1-4H3,(H,15,17). The fourth-order valence-electron chi connectivity index (χ4n) is 2.34. The zero-order valence-corrected chi connectivity index (χ0v) is 13.5.